The van der Waals surface area contributed by atoms with E-state index in [1.807, 2.05) is 0 Å². The molecule has 0 aliphatic carbocycles. The lowest BCUT2D eigenvalue weighted by atomic mass is 9.75. The normalized spacial score (nSPS) is 11.9. The first-order chi connectivity index (χ1) is 6.94. The van der Waals surface area contributed by atoms with Crippen molar-refractivity contribution in [3.8, 4) is 0 Å². The van der Waals surface area contributed by atoms with Crippen LogP contribution in [0.4, 0.5) is 0 Å². The zero-order chi connectivity index (χ0) is 11.6. The second kappa shape index (κ2) is 4.61. The molecule has 84 valence electrons. The first kappa shape index (κ1) is 12.6. The van der Waals surface area contributed by atoms with Crippen LogP contribution in [0, 0.1) is 13.8 Å². The number of hydrogen-bond donors (Lipinski definition) is 1. The fourth-order valence-electron chi connectivity index (χ4n) is 2.08. The maximum absolute atomic E-state index is 4.47. The molecule has 0 saturated heterocycles. The molecule has 1 heteroatoms. The molecule has 0 N–H and O–H groups in total. The third-order valence-electron chi connectivity index (χ3n) is 3.75. The molecule has 0 aliphatic rings. The lowest BCUT2D eigenvalue weighted by Crippen LogP contribution is -2.21. The van der Waals surface area contributed by atoms with Crippen LogP contribution in [0.3, 0.4) is 0 Å². The maximum atomic E-state index is 4.47. The van der Waals surface area contributed by atoms with E-state index in [1.54, 1.807) is 0 Å². The zero-order valence-electron chi connectivity index (χ0n) is 10.5. The Labute approximate surface area is 99.5 Å². The van der Waals surface area contributed by atoms with Crippen LogP contribution in [0.1, 0.15) is 50.3 Å². The topological polar surface area (TPSA) is 0 Å². The fourth-order valence-corrected chi connectivity index (χ4v) is 2.34. The first-order valence-corrected chi connectivity index (χ1v) is 6.20. The lowest BCUT2D eigenvalue weighted by molar-refractivity contribution is 0.436. The summed E-state index contributed by atoms with van der Waals surface area (Å²) in [5.74, 6) is 0. The molecule has 15 heavy (non-hydrogen) atoms. The number of aryl methyl sites for hydroxylation is 2. The van der Waals surface area contributed by atoms with Crippen LogP contribution in [0.2, 0.25) is 0 Å². The number of hydrogen-bond acceptors (Lipinski definition) is 1. The van der Waals surface area contributed by atoms with Crippen LogP contribution in [0.15, 0.2) is 17.0 Å². The average Bonchev–Trinajstić information content (AvgIpc) is 2.22. The van der Waals surface area contributed by atoms with Gasteiger partial charge in [0.15, 0.2) is 0 Å². The molecule has 0 radical (unpaired) electrons. The number of rotatable bonds is 3. The molecule has 0 saturated carbocycles. The molecular formula is C14H22S. The highest BCUT2D eigenvalue weighted by Gasteiger charge is 2.24. The predicted molar refractivity (Wildman–Crippen MR) is 71.1 cm³/mol. The van der Waals surface area contributed by atoms with Crippen molar-refractivity contribution >= 4 is 12.6 Å². The highest BCUT2D eigenvalue weighted by Crippen LogP contribution is 2.35. The van der Waals surface area contributed by atoms with Gasteiger partial charge in [-0.3, -0.25) is 0 Å². The van der Waals surface area contributed by atoms with E-state index in [2.05, 4.69) is 59.4 Å². The second-order valence-electron chi connectivity index (χ2n) is 4.72. The van der Waals surface area contributed by atoms with Gasteiger partial charge in [0.1, 0.15) is 0 Å². The van der Waals surface area contributed by atoms with Gasteiger partial charge in [0.25, 0.3) is 0 Å². The van der Waals surface area contributed by atoms with Crippen molar-refractivity contribution in [3.63, 3.8) is 0 Å². The SMILES string of the molecule is CCC(C)(CC)c1cc(C)c(S)cc1C. The molecule has 0 spiro atoms. The Balaban J connectivity index is 3.30. The Hall–Kier alpha value is -0.430. The van der Waals surface area contributed by atoms with Crippen molar-refractivity contribution in [2.45, 2.75) is 57.8 Å². The molecule has 0 aliphatic heterocycles. The Morgan fingerprint density at radius 3 is 2.07 bits per heavy atom. The monoisotopic (exact) mass is 222 g/mol. The molecule has 0 unspecified atom stereocenters. The van der Waals surface area contributed by atoms with Crippen LogP contribution in [-0.4, -0.2) is 0 Å². The van der Waals surface area contributed by atoms with E-state index in [1.165, 1.54) is 29.5 Å². The van der Waals surface area contributed by atoms with Crippen molar-refractivity contribution in [3.05, 3.63) is 28.8 Å². The molecule has 1 aromatic carbocycles. The highest BCUT2D eigenvalue weighted by atomic mass is 32.1. The van der Waals surface area contributed by atoms with Gasteiger partial charge in [-0.05, 0) is 54.9 Å². The van der Waals surface area contributed by atoms with E-state index >= 15 is 0 Å². The highest BCUT2D eigenvalue weighted by molar-refractivity contribution is 7.80. The molecule has 0 bridgehead atoms. The van der Waals surface area contributed by atoms with Gasteiger partial charge in [-0.15, -0.1) is 12.6 Å². The van der Waals surface area contributed by atoms with Crippen LogP contribution >= 0.6 is 12.6 Å². The van der Waals surface area contributed by atoms with Gasteiger partial charge >= 0.3 is 0 Å². The van der Waals surface area contributed by atoms with E-state index in [-0.39, 0.29) is 0 Å². The summed E-state index contributed by atoms with van der Waals surface area (Å²) in [5.41, 5.74) is 4.46. The molecule has 1 aromatic rings. The minimum atomic E-state index is 0.316. The Kier molecular flexibility index (Phi) is 3.88. The van der Waals surface area contributed by atoms with Crippen molar-refractivity contribution < 1.29 is 0 Å². The third-order valence-corrected chi connectivity index (χ3v) is 4.24. The van der Waals surface area contributed by atoms with Gasteiger partial charge in [0.2, 0.25) is 0 Å². The molecular weight excluding hydrogens is 200 g/mol. The summed E-state index contributed by atoms with van der Waals surface area (Å²) in [6.45, 7) is 11.2. The zero-order valence-corrected chi connectivity index (χ0v) is 11.4. The van der Waals surface area contributed by atoms with Crippen LogP contribution in [-0.2, 0) is 5.41 Å². The van der Waals surface area contributed by atoms with Gasteiger partial charge in [-0.1, -0.05) is 26.8 Å². The molecule has 0 nitrogen and oxygen atoms in total. The second-order valence-corrected chi connectivity index (χ2v) is 5.20. The Morgan fingerprint density at radius 1 is 1.07 bits per heavy atom. The standard InChI is InChI=1S/C14H22S/c1-6-14(5,7-2)12-8-11(4)13(15)9-10(12)3/h8-9,15H,6-7H2,1-5H3. The quantitative estimate of drug-likeness (QED) is 0.706. The molecule has 0 aromatic heterocycles. The van der Waals surface area contributed by atoms with Gasteiger partial charge in [-0.2, -0.15) is 0 Å². The summed E-state index contributed by atoms with van der Waals surface area (Å²) in [7, 11) is 0. The van der Waals surface area contributed by atoms with Crippen LogP contribution in [0.25, 0.3) is 0 Å². The van der Waals surface area contributed by atoms with E-state index in [0.29, 0.717) is 5.41 Å². The summed E-state index contributed by atoms with van der Waals surface area (Å²) in [6, 6.07) is 4.50. The Morgan fingerprint density at radius 2 is 1.60 bits per heavy atom. The van der Waals surface area contributed by atoms with E-state index < -0.39 is 0 Å². The smallest absolute Gasteiger partial charge is 0.00720 e. The summed E-state index contributed by atoms with van der Waals surface area (Å²) >= 11 is 4.47. The summed E-state index contributed by atoms with van der Waals surface area (Å²) in [5, 5.41) is 0. The van der Waals surface area contributed by atoms with Crippen LogP contribution in [0.5, 0.6) is 0 Å². The van der Waals surface area contributed by atoms with Gasteiger partial charge in [0, 0.05) is 4.90 Å². The van der Waals surface area contributed by atoms with Crippen molar-refractivity contribution in [2.24, 2.45) is 0 Å². The molecule has 1 rings (SSSR count). The average molecular weight is 222 g/mol. The van der Waals surface area contributed by atoms with Crippen molar-refractivity contribution in [2.75, 3.05) is 0 Å². The molecule has 0 amide bonds. The first-order valence-electron chi connectivity index (χ1n) is 5.75. The molecule has 0 atom stereocenters. The lowest BCUT2D eigenvalue weighted by Gasteiger charge is -2.30. The summed E-state index contributed by atoms with van der Waals surface area (Å²) < 4.78 is 0. The summed E-state index contributed by atoms with van der Waals surface area (Å²) in [6.07, 6.45) is 2.38. The van der Waals surface area contributed by atoms with E-state index in [0.717, 1.165) is 4.90 Å². The predicted octanol–water partition coefficient (Wildman–Crippen LogP) is 4.67. The van der Waals surface area contributed by atoms with Crippen molar-refractivity contribution in [1.82, 2.24) is 0 Å². The minimum absolute atomic E-state index is 0.316. The molecule has 0 heterocycles. The number of benzene rings is 1. The minimum Gasteiger partial charge on any atom is -0.143 e. The maximum Gasteiger partial charge on any atom is 0.00720 e. The largest absolute Gasteiger partial charge is 0.143 e. The van der Waals surface area contributed by atoms with E-state index in [4.69, 9.17) is 0 Å². The third kappa shape index (κ3) is 2.39. The number of thiol groups is 1. The van der Waals surface area contributed by atoms with Crippen molar-refractivity contribution in [1.29, 1.82) is 0 Å². The fraction of sp³-hybridized carbons (Fsp3) is 0.571. The van der Waals surface area contributed by atoms with Gasteiger partial charge in [0.05, 0.1) is 0 Å². The van der Waals surface area contributed by atoms with Gasteiger partial charge in [-0.25, -0.2) is 0 Å². The summed E-state index contributed by atoms with van der Waals surface area (Å²) in [4.78, 5) is 1.10. The van der Waals surface area contributed by atoms with Gasteiger partial charge < -0.3 is 0 Å². The van der Waals surface area contributed by atoms with Crippen LogP contribution < -0.4 is 0 Å². The molecule has 0 fully saturated rings. The Bertz CT molecular complexity index is 349. The van der Waals surface area contributed by atoms with E-state index in [9.17, 15) is 0 Å².